The zero-order valence-electron chi connectivity index (χ0n) is 11.0. The fourth-order valence-corrected chi connectivity index (χ4v) is 2.20. The second-order valence-corrected chi connectivity index (χ2v) is 4.92. The molecule has 0 aliphatic rings. The van der Waals surface area contributed by atoms with Crippen LogP contribution in [0.5, 0.6) is 0 Å². The maximum Gasteiger partial charge on any atom is 0.254 e. The first-order valence-corrected chi connectivity index (χ1v) is 6.45. The summed E-state index contributed by atoms with van der Waals surface area (Å²) in [4.78, 5) is 17.3. The van der Waals surface area contributed by atoms with Gasteiger partial charge in [0.1, 0.15) is 6.61 Å². The van der Waals surface area contributed by atoms with Gasteiger partial charge in [-0.05, 0) is 19.1 Å². The first-order chi connectivity index (χ1) is 9.11. The van der Waals surface area contributed by atoms with Crippen molar-refractivity contribution in [2.45, 2.75) is 6.92 Å². The lowest BCUT2D eigenvalue weighted by atomic mass is 10.3. The lowest BCUT2D eigenvalue weighted by molar-refractivity contribution is -0.121. The van der Waals surface area contributed by atoms with Crippen LogP contribution in [0.25, 0.3) is 10.6 Å². The first-order valence-electron chi connectivity index (χ1n) is 5.64. The maximum atomic E-state index is 11.7. The average molecular weight is 278 g/mol. The minimum atomic E-state index is -0.160. The molecule has 1 amide bonds. The van der Waals surface area contributed by atoms with Crippen molar-refractivity contribution in [2.24, 2.45) is 0 Å². The second kappa shape index (κ2) is 5.85. The van der Waals surface area contributed by atoms with Crippen LogP contribution in [0, 0.1) is 6.92 Å². The third-order valence-corrected chi connectivity index (χ3v) is 3.55. The Bertz CT molecular complexity index is 567. The van der Waals surface area contributed by atoms with Crippen molar-refractivity contribution in [1.29, 1.82) is 0 Å². The van der Waals surface area contributed by atoms with Crippen LogP contribution in [0.3, 0.4) is 0 Å². The molecule has 0 fully saturated rings. The largest absolute Gasteiger partial charge is 0.375 e. The number of aromatic nitrogens is 3. The molecular formula is C12H14N4O2S. The van der Waals surface area contributed by atoms with Gasteiger partial charge in [-0.1, -0.05) is 11.3 Å². The molecular weight excluding hydrogens is 264 g/mol. The molecule has 2 rings (SSSR count). The molecule has 0 spiro atoms. The van der Waals surface area contributed by atoms with E-state index in [1.807, 2.05) is 19.1 Å². The summed E-state index contributed by atoms with van der Waals surface area (Å²) in [6.45, 7) is 1.95. The predicted octanol–water partition coefficient (Wildman–Crippen LogP) is 1.52. The molecule has 0 aromatic carbocycles. The molecule has 0 bridgehead atoms. The summed E-state index contributed by atoms with van der Waals surface area (Å²) in [5.74, 6) is -0.160. The fraction of sp³-hybridized carbons (Fsp3) is 0.333. The summed E-state index contributed by atoms with van der Waals surface area (Å²) >= 11 is 1.34. The van der Waals surface area contributed by atoms with Crippen molar-refractivity contribution in [3.8, 4) is 10.6 Å². The third-order valence-electron chi connectivity index (χ3n) is 2.50. The molecule has 2 heterocycles. The second-order valence-electron chi connectivity index (χ2n) is 3.96. The summed E-state index contributed by atoms with van der Waals surface area (Å²) in [7, 11) is 3.13. The standard InChI is InChI=1S/C12H14N4O2S/c1-8-4-5-9(6-13-8)11-14-15-12(19-11)16(2)10(17)7-18-3/h4-6H,7H2,1-3H3. The molecule has 0 aliphatic carbocycles. The fourth-order valence-electron chi connectivity index (χ4n) is 1.39. The Morgan fingerprint density at radius 1 is 1.42 bits per heavy atom. The molecule has 100 valence electrons. The predicted molar refractivity (Wildman–Crippen MR) is 73.2 cm³/mol. The van der Waals surface area contributed by atoms with E-state index in [4.69, 9.17) is 4.74 Å². The molecule has 2 aromatic rings. The zero-order valence-corrected chi connectivity index (χ0v) is 11.8. The molecule has 6 nitrogen and oxygen atoms in total. The van der Waals surface area contributed by atoms with Gasteiger partial charge in [0.25, 0.3) is 5.91 Å². The Balaban J connectivity index is 2.19. The van der Waals surface area contributed by atoms with Gasteiger partial charge in [-0.2, -0.15) is 0 Å². The van der Waals surface area contributed by atoms with Crippen LogP contribution in [-0.2, 0) is 9.53 Å². The van der Waals surface area contributed by atoms with Crippen molar-refractivity contribution in [1.82, 2.24) is 15.2 Å². The molecule has 7 heteroatoms. The highest BCUT2D eigenvalue weighted by Gasteiger charge is 2.16. The Kier molecular flexibility index (Phi) is 4.18. The van der Waals surface area contributed by atoms with E-state index in [2.05, 4.69) is 15.2 Å². The molecule has 19 heavy (non-hydrogen) atoms. The SMILES string of the molecule is COCC(=O)N(C)c1nnc(-c2ccc(C)nc2)s1. The molecule has 0 N–H and O–H groups in total. The van der Waals surface area contributed by atoms with E-state index in [9.17, 15) is 4.79 Å². The van der Waals surface area contributed by atoms with E-state index >= 15 is 0 Å². The quantitative estimate of drug-likeness (QED) is 0.848. The summed E-state index contributed by atoms with van der Waals surface area (Å²) in [6, 6.07) is 3.85. The van der Waals surface area contributed by atoms with E-state index < -0.39 is 0 Å². The monoisotopic (exact) mass is 278 g/mol. The number of carbonyl (C=O) groups excluding carboxylic acids is 1. The van der Waals surface area contributed by atoms with Gasteiger partial charge < -0.3 is 4.74 Å². The minimum absolute atomic E-state index is 0.0253. The van der Waals surface area contributed by atoms with E-state index in [0.29, 0.717) is 5.13 Å². The van der Waals surface area contributed by atoms with Gasteiger partial charge in [0, 0.05) is 31.6 Å². The topological polar surface area (TPSA) is 68.2 Å². The van der Waals surface area contributed by atoms with Crippen LogP contribution < -0.4 is 4.90 Å². The minimum Gasteiger partial charge on any atom is -0.375 e. The van der Waals surface area contributed by atoms with Gasteiger partial charge in [0.2, 0.25) is 5.13 Å². The Hall–Kier alpha value is -1.86. The Morgan fingerprint density at radius 2 is 2.21 bits per heavy atom. The highest BCUT2D eigenvalue weighted by atomic mass is 32.1. The molecule has 0 unspecified atom stereocenters. The van der Waals surface area contributed by atoms with E-state index in [1.54, 1.807) is 13.2 Å². The van der Waals surface area contributed by atoms with Crippen molar-refractivity contribution >= 4 is 22.4 Å². The molecule has 0 saturated carbocycles. The number of methoxy groups -OCH3 is 1. The number of rotatable bonds is 4. The molecule has 0 radical (unpaired) electrons. The van der Waals surface area contributed by atoms with Crippen LogP contribution in [0.2, 0.25) is 0 Å². The molecule has 0 aliphatic heterocycles. The van der Waals surface area contributed by atoms with Crippen LogP contribution >= 0.6 is 11.3 Å². The maximum absolute atomic E-state index is 11.7. The van der Waals surface area contributed by atoms with Crippen molar-refractivity contribution in [3.63, 3.8) is 0 Å². The smallest absolute Gasteiger partial charge is 0.254 e. The van der Waals surface area contributed by atoms with Gasteiger partial charge in [-0.25, -0.2) is 0 Å². The number of hydrogen-bond donors (Lipinski definition) is 0. The number of likely N-dealkylation sites (N-methyl/N-ethyl adjacent to an activating group) is 1. The molecule has 2 aromatic heterocycles. The number of amides is 1. The lowest BCUT2D eigenvalue weighted by Gasteiger charge is -2.11. The Morgan fingerprint density at radius 3 is 2.84 bits per heavy atom. The number of anilines is 1. The highest BCUT2D eigenvalue weighted by molar-refractivity contribution is 7.18. The van der Waals surface area contributed by atoms with E-state index in [-0.39, 0.29) is 12.5 Å². The summed E-state index contributed by atoms with van der Waals surface area (Å²) in [5, 5.41) is 9.36. The number of pyridine rings is 1. The van der Waals surface area contributed by atoms with Gasteiger partial charge in [0.05, 0.1) is 0 Å². The van der Waals surface area contributed by atoms with Crippen LogP contribution in [0.1, 0.15) is 5.69 Å². The molecule has 0 saturated heterocycles. The summed E-state index contributed by atoms with van der Waals surface area (Å²) in [5.41, 5.74) is 1.84. The summed E-state index contributed by atoms with van der Waals surface area (Å²) in [6.07, 6.45) is 1.75. The summed E-state index contributed by atoms with van der Waals surface area (Å²) < 4.78 is 4.81. The number of nitrogens with zero attached hydrogens (tertiary/aromatic N) is 4. The van der Waals surface area contributed by atoms with Gasteiger partial charge in [0.15, 0.2) is 5.01 Å². The van der Waals surface area contributed by atoms with E-state index in [1.165, 1.54) is 23.3 Å². The lowest BCUT2D eigenvalue weighted by Crippen LogP contribution is -2.29. The average Bonchev–Trinajstić information content (AvgIpc) is 2.88. The Labute approximate surface area is 115 Å². The number of carbonyl (C=O) groups is 1. The van der Waals surface area contributed by atoms with Crippen LogP contribution in [0.4, 0.5) is 5.13 Å². The van der Waals surface area contributed by atoms with Gasteiger partial charge in [-0.3, -0.25) is 14.7 Å². The zero-order chi connectivity index (χ0) is 13.8. The van der Waals surface area contributed by atoms with Crippen molar-refractivity contribution in [2.75, 3.05) is 25.7 Å². The van der Waals surface area contributed by atoms with E-state index in [0.717, 1.165) is 16.3 Å². The van der Waals surface area contributed by atoms with Crippen LogP contribution in [-0.4, -0.2) is 41.9 Å². The molecule has 0 atom stereocenters. The number of aryl methyl sites for hydroxylation is 1. The number of ether oxygens (including phenoxy) is 1. The normalized spacial score (nSPS) is 10.5. The van der Waals surface area contributed by atoms with Crippen molar-refractivity contribution in [3.05, 3.63) is 24.0 Å². The van der Waals surface area contributed by atoms with Crippen LogP contribution in [0.15, 0.2) is 18.3 Å². The first kappa shape index (κ1) is 13.6. The highest BCUT2D eigenvalue weighted by Crippen LogP contribution is 2.27. The number of hydrogen-bond acceptors (Lipinski definition) is 6. The van der Waals surface area contributed by atoms with Gasteiger partial charge in [-0.15, -0.1) is 10.2 Å². The van der Waals surface area contributed by atoms with Crippen molar-refractivity contribution < 1.29 is 9.53 Å². The third kappa shape index (κ3) is 3.12. The van der Waals surface area contributed by atoms with Gasteiger partial charge >= 0.3 is 0 Å².